The third kappa shape index (κ3) is 19.3. The fraction of sp³-hybridized carbons (Fsp3) is 0.418. The first-order valence-corrected chi connectivity index (χ1v) is 22.7. The molecule has 0 fully saturated rings. The van der Waals surface area contributed by atoms with E-state index in [1.54, 1.807) is 64.9 Å². The van der Waals surface area contributed by atoms with Crippen molar-refractivity contribution in [3.05, 3.63) is 144 Å². The maximum Gasteiger partial charge on any atom is 0.360 e. The number of ether oxygens (including phenoxy) is 8. The molecule has 0 unspecified atom stereocenters. The zero-order valence-corrected chi connectivity index (χ0v) is 41.6. The van der Waals surface area contributed by atoms with E-state index in [9.17, 15) is 14.7 Å². The number of aromatic nitrogens is 2. The van der Waals surface area contributed by atoms with E-state index in [-0.39, 0.29) is 36.7 Å². The number of carbonyl (C=O) groups is 2. The SMILES string of the molecule is COC(=O)c1coc(C[C@H](/C=C/C#C/C=C\C[C@H](OC(=O)c2coc(C[C@H](/C=C/C#C/C=C\C[C@H](O)C(C)(C)COCc3ccc(OC)cc3)OC)n2)C(C)(C)COCc2ccc(OC)cc2)OC)n1. The molecule has 374 valence electrons. The highest BCUT2D eigenvalue weighted by Gasteiger charge is 2.34. The van der Waals surface area contributed by atoms with Gasteiger partial charge < -0.3 is 51.8 Å². The normalized spacial score (nSPS) is 13.7. The second-order valence-electron chi connectivity index (χ2n) is 17.3. The number of rotatable bonds is 27. The number of esters is 2. The monoisotopic (exact) mass is 962 g/mol. The lowest BCUT2D eigenvalue weighted by molar-refractivity contribution is -0.0462. The fourth-order valence-electron chi connectivity index (χ4n) is 6.45. The molecule has 15 heteroatoms. The summed E-state index contributed by atoms with van der Waals surface area (Å²) in [5, 5.41) is 10.8. The second kappa shape index (κ2) is 29.3. The van der Waals surface area contributed by atoms with E-state index in [1.807, 2.05) is 88.4 Å². The van der Waals surface area contributed by atoms with Crippen LogP contribution >= 0.6 is 0 Å². The Labute approximate surface area is 411 Å². The quantitative estimate of drug-likeness (QED) is 0.0443. The Morgan fingerprint density at radius 1 is 0.629 bits per heavy atom. The molecule has 0 aliphatic rings. The van der Waals surface area contributed by atoms with Crippen LogP contribution in [-0.2, 0) is 54.5 Å². The van der Waals surface area contributed by atoms with Crippen molar-refractivity contribution < 1.29 is 61.4 Å². The number of aliphatic hydroxyl groups excluding tert-OH is 1. The molecule has 4 atom stereocenters. The highest BCUT2D eigenvalue weighted by molar-refractivity contribution is 5.87. The molecule has 2 aromatic carbocycles. The Kier molecular flexibility index (Phi) is 23.4. The van der Waals surface area contributed by atoms with E-state index in [0.29, 0.717) is 38.6 Å². The van der Waals surface area contributed by atoms with E-state index in [1.165, 1.54) is 19.6 Å². The largest absolute Gasteiger partial charge is 0.497 e. The topological polar surface area (TPSA) is 180 Å². The summed E-state index contributed by atoms with van der Waals surface area (Å²) in [6.45, 7) is 9.31. The standard InChI is InChI=1S/C55H66N2O13/c1-54(2,38-66-34-40-24-28-42(61-5)29-25-40)48(58)22-18-14-10-12-16-20-45(64-8)33-51-57-47(37-69-51)53(60)70-49(55(3,4)39-67-35-41-26-30-43(62-6)31-27-41)23-19-15-11-13-17-21-44(63-7)32-50-56-46(36-68-50)52(59)65-9/h14-21,24-31,36-37,44-45,48-49,58H,22-23,32-35,38-39H2,1-9H3/b18-14-,19-15-,20-16+,21-17+/t44-,45-,48-,49-/m0/s1. The van der Waals surface area contributed by atoms with Crippen molar-refractivity contribution in [2.24, 2.45) is 10.8 Å². The zero-order chi connectivity index (χ0) is 50.8. The molecular weight excluding hydrogens is 897 g/mol. The molecule has 0 amide bonds. The highest BCUT2D eigenvalue weighted by atomic mass is 16.6. The molecule has 0 spiro atoms. The van der Waals surface area contributed by atoms with Crippen LogP contribution in [0.25, 0.3) is 0 Å². The summed E-state index contributed by atoms with van der Waals surface area (Å²) in [6.07, 6.45) is 15.6. The van der Waals surface area contributed by atoms with Gasteiger partial charge in [-0.2, -0.15) is 0 Å². The number of oxazole rings is 2. The smallest absolute Gasteiger partial charge is 0.360 e. The first-order valence-electron chi connectivity index (χ1n) is 22.7. The number of aliphatic hydroxyl groups is 1. The Balaban J connectivity index is 1.31. The Bertz CT molecular complexity index is 2460. The number of nitrogens with zero attached hydrogens (tertiary/aromatic N) is 2. The van der Waals surface area contributed by atoms with Crippen molar-refractivity contribution in [1.82, 2.24) is 9.97 Å². The minimum atomic E-state index is -0.655. The molecule has 2 heterocycles. The van der Waals surface area contributed by atoms with Gasteiger partial charge in [0.05, 0.1) is 78.9 Å². The van der Waals surface area contributed by atoms with Crippen molar-refractivity contribution in [3.8, 4) is 35.2 Å². The van der Waals surface area contributed by atoms with Gasteiger partial charge in [-0.15, -0.1) is 0 Å². The number of hydrogen-bond donors (Lipinski definition) is 1. The van der Waals surface area contributed by atoms with Crippen molar-refractivity contribution in [1.29, 1.82) is 0 Å². The van der Waals surface area contributed by atoms with Crippen molar-refractivity contribution in [2.45, 2.75) is 91.0 Å². The first kappa shape index (κ1) is 55.9. The van der Waals surface area contributed by atoms with E-state index in [0.717, 1.165) is 22.6 Å². The molecule has 0 aliphatic heterocycles. The summed E-state index contributed by atoms with van der Waals surface area (Å²) in [5.41, 5.74) is 0.978. The molecule has 70 heavy (non-hydrogen) atoms. The van der Waals surface area contributed by atoms with Crippen LogP contribution in [0.3, 0.4) is 0 Å². The highest BCUT2D eigenvalue weighted by Crippen LogP contribution is 2.29. The maximum absolute atomic E-state index is 13.6. The Morgan fingerprint density at radius 3 is 1.53 bits per heavy atom. The Hall–Kier alpha value is -6.72. The molecule has 0 saturated carbocycles. The number of allylic oxidation sites excluding steroid dienone is 4. The van der Waals surface area contributed by atoms with E-state index < -0.39 is 47.2 Å². The maximum atomic E-state index is 13.6. The van der Waals surface area contributed by atoms with Gasteiger partial charge in [-0.25, -0.2) is 19.6 Å². The van der Waals surface area contributed by atoms with Crippen molar-refractivity contribution in [3.63, 3.8) is 0 Å². The molecule has 4 aromatic rings. The van der Waals surface area contributed by atoms with Gasteiger partial charge in [0.2, 0.25) is 0 Å². The van der Waals surface area contributed by atoms with Gasteiger partial charge in [0, 0.05) is 31.5 Å². The molecule has 2 aromatic heterocycles. The van der Waals surface area contributed by atoms with E-state index >= 15 is 0 Å². The van der Waals surface area contributed by atoms with Gasteiger partial charge >= 0.3 is 11.9 Å². The number of methoxy groups -OCH3 is 5. The Morgan fingerprint density at radius 2 is 1.07 bits per heavy atom. The van der Waals surface area contributed by atoms with Gasteiger partial charge in [0.15, 0.2) is 23.2 Å². The summed E-state index contributed by atoms with van der Waals surface area (Å²) in [5.74, 6) is 12.7. The number of carbonyl (C=O) groups excluding carboxylic acids is 2. The van der Waals surface area contributed by atoms with Crippen molar-refractivity contribution in [2.75, 3.05) is 48.8 Å². The molecule has 0 aliphatic carbocycles. The van der Waals surface area contributed by atoms with E-state index in [4.69, 9.17) is 42.0 Å². The number of hydrogen-bond acceptors (Lipinski definition) is 15. The van der Waals surface area contributed by atoms with Gasteiger partial charge in [-0.1, -0.05) is 87.8 Å². The lowest BCUT2D eigenvalue weighted by atomic mass is 9.85. The third-order valence-corrected chi connectivity index (χ3v) is 11.0. The molecule has 15 nitrogen and oxygen atoms in total. The average Bonchev–Trinajstić information content (AvgIpc) is 4.04. The average molecular weight is 963 g/mol. The van der Waals surface area contributed by atoms with Crippen molar-refractivity contribution >= 4 is 11.9 Å². The van der Waals surface area contributed by atoms with Crippen LogP contribution in [0.5, 0.6) is 11.5 Å². The van der Waals surface area contributed by atoms with Gasteiger partial charge in [0.1, 0.15) is 30.1 Å². The molecule has 0 radical (unpaired) electrons. The summed E-state index contributed by atoms with van der Waals surface area (Å²) >= 11 is 0. The minimum Gasteiger partial charge on any atom is -0.497 e. The summed E-state index contributed by atoms with van der Waals surface area (Å²) in [7, 11) is 7.62. The second-order valence-corrected chi connectivity index (χ2v) is 17.3. The minimum absolute atomic E-state index is 0.0146. The molecule has 4 rings (SSSR count). The third-order valence-electron chi connectivity index (χ3n) is 11.0. The molecular formula is C55H66N2O13. The van der Waals surface area contributed by atoms with Gasteiger partial charge in [0.25, 0.3) is 0 Å². The summed E-state index contributed by atoms with van der Waals surface area (Å²) in [6, 6.07) is 15.3. The van der Waals surface area contributed by atoms with Crippen LogP contribution < -0.4 is 9.47 Å². The lowest BCUT2D eigenvalue weighted by Gasteiger charge is -2.33. The number of benzene rings is 2. The summed E-state index contributed by atoms with van der Waals surface area (Å²) in [4.78, 5) is 33.8. The zero-order valence-electron chi connectivity index (χ0n) is 41.6. The predicted molar refractivity (Wildman–Crippen MR) is 263 cm³/mol. The van der Waals surface area contributed by atoms with Crippen LogP contribution in [0.15, 0.2) is 118 Å². The molecule has 0 bridgehead atoms. The molecule has 0 saturated heterocycles. The predicted octanol–water partition coefficient (Wildman–Crippen LogP) is 8.67. The fourth-order valence-corrected chi connectivity index (χ4v) is 6.45. The van der Waals surface area contributed by atoms with Crippen LogP contribution in [0.4, 0.5) is 0 Å². The van der Waals surface area contributed by atoms with E-state index in [2.05, 4.69) is 38.4 Å². The van der Waals surface area contributed by atoms with Gasteiger partial charge in [-0.05, 0) is 78.3 Å². The van der Waals surface area contributed by atoms with Crippen LogP contribution in [0.1, 0.15) is 84.4 Å². The van der Waals surface area contributed by atoms with Crippen LogP contribution in [0, 0.1) is 34.5 Å². The lowest BCUT2D eigenvalue weighted by Crippen LogP contribution is -2.37. The summed E-state index contributed by atoms with van der Waals surface area (Å²) < 4.78 is 55.4. The van der Waals surface area contributed by atoms with Crippen LogP contribution in [0.2, 0.25) is 0 Å². The van der Waals surface area contributed by atoms with Gasteiger partial charge in [-0.3, -0.25) is 0 Å². The molecule has 1 N–H and O–H groups in total. The first-order chi connectivity index (χ1) is 33.7. The van der Waals surface area contributed by atoms with Crippen LogP contribution in [-0.4, -0.2) is 100 Å².